The van der Waals surface area contributed by atoms with Gasteiger partial charge in [0.05, 0.1) is 23.7 Å². The van der Waals surface area contributed by atoms with Crippen molar-refractivity contribution >= 4 is 46.3 Å². The van der Waals surface area contributed by atoms with Crippen molar-refractivity contribution in [2.75, 3.05) is 17.3 Å². The molecule has 3 aromatic rings. The highest BCUT2D eigenvalue weighted by atomic mass is 35.5. The van der Waals surface area contributed by atoms with Crippen LogP contribution in [-0.4, -0.2) is 29.8 Å². The quantitative estimate of drug-likeness (QED) is 0.263. The monoisotopic (exact) mass is 504 g/mol. The third-order valence-electron chi connectivity index (χ3n) is 6.04. The Hall–Kier alpha value is -4.10. The Kier molecular flexibility index (Phi) is 7.12. The van der Waals surface area contributed by atoms with Gasteiger partial charge in [-0.2, -0.15) is 0 Å². The number of aliphatic hydroxyl groups excluding tert-OH is 1. The molecule has 0 aromatic heterocycles. The summed E-state index contributed by atoms with van der Waals surface area (Å²) in [5, 5.41) is 14.3. The number of ether oxygens (including phenoxy) is 1. The molecule has 36 heavy (non-hydrogen) atoms. The fourth-order valence-corrected chi connectivity index (χ4v) is 4.42. The van der Waals surface area contributed by atoms with E-state index in [0.717, 1.165) is 12.0 Å². The predicted octanol–water partition coefficient (Wildman–Crippen LogP) is 5.50. The summed E-state index contributed by atoms with van der Waals surface area (Å²) in [6, 6.07) is 17.9. The fraction of sp³-hybridized carbons (Fsp3) is 0.179. The van der Waals surface area contributed by atoms with Gasteiger partial charge in [0, 0.05) is 23.9 Å². The maximum absolute atomic E-state index is 13.3. The van der Waals surface area contributed by atoms with Crippen molar-refractivity contribution in [3.63, 3.8) is 0 Å². The molecule has 3 aromatic carbocycles. The Balaban J connectivity index is 1.88. The first-order chi connectivity index (χ1) is 17.2. The third kappa shape index (κ3) is 4.70. The van der Waals surface area contributed by atoms with Crippen LogP contribution < -0.4 is 15.0 Å². The minimum Gasteiger partial charge on any atom is -0.507 e. The van der Waals surface area contributed by atoms with Crippen LogP contribution in [0.5, 0.6) is 5.75 Å². The number of aliphatic hydroxyl groups is 1. The van der Waals surface area contributed by atoms with Gasteiger partial charge in [0.25, 0.3) is 11.7 Å². The molecule has 0 aliphatic carbocycles. The number of hydrogen-bond donors (Lipinski definition) is 2. The number of methoxy groups -OCH3 is 1. The second-order valence-corrected chi connectivity index (χ2v) is 8.75. The van der Waals surface area contributed by atoms with Gasteiger partial charge in [-0.1, -0.05) is 42.8 Å². The molecule has 1 atom stereocenters. The molecule has 2 N–H and O–H groups in total. The van der Waals surface area contributed by atoms with Gasteiger partial charge in [-0.05, 0) is 60.0 Å². The van der Waals surface area contributed by atoms with Gasteiger partial charge in [0.2, 0.25) is 5.91 Å². The van der Waals surface area contributed by atoms with Gasteiger partial charge in [0.15, 0.2) is 0 Å². The van der Waals surface area contributed by atoms with Crippen LogP contribution >= 0.6 is 11.6 Å². The number of carbonyl (C=O) groups excluding carboxylic acids is 3. The lowest BCUT2D eigenvalue weighted by Gasteiger charge is -2.26. The van der Waals surface area contributed by atoms with E-state index in [1.165, 1.54) is 25.0 Å². The van der Waals surface area contributed by atoms with Crippen molar-refractivity contribution in [3.8, 4) is 5.75 Å². The van der Waals surface area contributed by atoms with Crippen LogP contribution in [0.15, 0.2) is 72.3 Å². The lowest BCUT2D eigenvalue weighted by atomic mass is 9.94. The topological polar surface area (TPSA) is 95.9 Å². The number of aryl methyl sites for hydroxylation is 1. The zero-order valence-electron chi connectivity index (χ0n) is 20.0. The Morgan fingerprint density at radius 1 is 1.06 bits per heavy atom. The van der Waals surface area contributed by atoms with E-state index >= 15 is 0 Å². The van der Waals surface area contributed by atoms with Crippen molar-refractivity contribution in [1.29, 1.82) is 0 Å². The number of anilines is 2. The number of nitrogens with one attached hydrogen (secondary N) is 1. The van der Waals surface area contributed by atoms with E-state index < -0.39 is 17.7 Å². The Labute approximate surface area is 214 Å². The minimum absolute atomic E-state index is 0.0421. The molecular weight excluding hydrogens is 480 g/mol. The number of Topliss-reactive ketones (excluding diaryl/α,β-unsaturated/α-hetero) is 1. The second kappa shape index (κ2) is 10.3. The maximum Gasteiger partial charge on any atom is 0.300 e. The SMILES string of the molecule is CCc1ccc(C2/C(=C(/O)c3ccc(Cl)c(OC)c3)C(=O)C(=O)N2c2ccc(NC(C)=O)cc2)cc1. The zero-order valence-corrected chi connectivity index (χ0v) is 20.8. The van der Waals surface area contributed by atoms with E-state index in [1.54, 1.807) is 36.4 Å². The number of nitrogens with zero attached hydrogens (tertiary/aromatic N) is 1. The first kappa shape index (κ1) is 25.0. The van der Waals surface area contributed by atoms with Crippen molar-refractivity contribution in [2.24, 2.45) is 0 Å². The number of rotatable bonds is 6. The van der Waals surface area contributed by atoms with E-state index in [1.807, 2.05) is 31.2 Å². The zero-order chi connectivity index (χ0) is 26.0. The van der Waals surface area contributed by atoms with Crippen molar-refractivity contribution in [3.05, 3.63) is 94.0 Å². The summed E-state index contributed by atoms with van der Waals surface area (Å²) in [5.74, 6) is -1.80. The molecule has 1 fully saturated rings. The first-order valence-electron chi connectivity index (χ1n) is 11.4. The summed E-state index contributed by atoms with van der Waals surface area (Å²) in [6.07, 6.45) is 0.829. The average molecular weight is 505 g/mol. The van der Waals surface area contributed by atoms with Crippen LogP contribution in [0.4, 0.5) is 11.4 Å². The Morgan fingerprint density at radius 3 is 2.31 bits per heavy atom. The summed E-state index contributed by atoms with van der Waals surface area (Å²) in [5.41, 5.74) is 3.02. The molecule has 0 spiro atoms. The normalized spacial score (nSPS) is 16.8. The van der Waals surface area contributed by atoms with Gasteiger partial charge in [-0.3, -0.25) is 19.3 Å². The molecule has 7 nitrogen and oxygen atoms in total. The van der Waals surface area contributed by atoms with E-state index in [9.17, 15) is 19.5 Å². The van der Waals surface area contributed by atoms with Gasteiger partial charge in [-0.25, -0.2) is 0 Å². The van der Waals surface area contributed by atoms with Crippen molar-refractivity contribution in [2.45, 2.75) is 26.3 Å². The predicted molar refractivity (Wildman–Crippen MR) is 139 cm³/mol. The standard InChI is InChI=1S/C28H25ClN2O5/c1-4-17-5-7-18(8-6-17)25-24(26(33)19-9-14-22(29)23(15-19)36-3)27(34)28(35)31(25)21-12-10-20(11-13-21)30-16(2)32/h5-15,25,33H,4H2,1-3H3,(H,30,32)/b26-24-. The molecule has 0 bridgehead atoms. The van der Waals surface area contributed by atoms with Crippen LogP contribution in [0.1, 0.15) is 36.6 Å². The largest absolute Gasteiger partial charge is 0.507 e. The fourth-order valence-electron chi connectivity index (χ4n) is 4.22. The van der Waals surface area contributed by atoms with Crippen molar-refractivity contribution < 1.29 is 24.2 Å². The molecule has 0 radical (unpaired) electrons. The summed E-state index contributed by atoms with van der Waals surface area (Å²) in [6.45, 7) is 3.43. The Morgan fingerprint density at radius 2 is 1.72 bits per heavy atom. The molecule has 0 saturated carbocycles. The number of halogens is 1. The molecule has 184 valence electrons. The van der Waals surface area contributed by atoms with Crippen LogP contribution in [0.2, 0.25) is 5.02 Å². The van der Waals surface area contributed by atoms with E-state index in [4.69, 9.17) is 16.3 Å². The van der Waals surface area contributed by atoms with Crippen LogP contribution in [0.3, 0.4) is 0 Å². The van der Waals surface area contributed by atoms with E-state index in [2.05, 4.69) is 5.32 Å². The summed E-state index contributed by atoms with van der Waals surface area (Å²) < 4.78 is 5.25. The number of benzene rings is 3. The highest BCUT2D eigenvalue weighted by Crippen LogP contribution is 2.43. The average Bonchev–Trinajstić information content (AvgIpc) is 3.14. The molecule has 4 rings (SSSR count). The molecular formula is C28H25ClN2O5. The highest BCUT2D eigenvalue weighted by Gasteiger charge is 2.47. The first-order valence-corrected chi connectivity index (χ1v) is 11.7. The second-order valence-electron chi connectivity index (χ2n) is 8.34. The van der Waals surface area contributed by atoms with E-state index in [-0.39, 0.29) is 17.2 Å². The number of hydrogen-bond acceptors (Lipinski definition) is 5. The summed E-state index contributed by atoms with van der Waals surface area (Å²) >= 11 is 6.13. The maximum atomic E-state index is 13.3. The smallest absolute Gasteiger partial charge is 0.300 e. The molecule has 1 aliphatic heterocycles. The van der Waals surface area contributed by atoms with Crippen molar-refractivity contribution in [1.82, 2.24) is 0 Å². The molecule has 2 amide bonds. The van der Waals surface area contributed by atoms with Gasteiger partial charge >= 0.3 is 0 Å². The van der Waals surface area contributed by atoms with Gasteiger partial charge in [-0.15, -0.1) is 0 Å². The molecule has 1 saturated heterocycles. The van der Waals surface area contributed by atoms with Crippen LogP contribution in [-0.2, 0) is 20.8 Å². The summed E-state index contributed by atoms with van der Waals surface area (Å²) in [4.78, 5) is 39.4. The van der Waals surface area contributed by atoms with Crippen LogP contribution in [0.25, 0.3) is 5.76 Å². The Bertz CT molecular complexity index is 1360. The van der Waals surface area contributed by atoms with Gasteiger partial charge in [0.1, 0.15) is 11.5 Å². The molecule has 8 heteroatoms. The number of amides is 2. The lowest BCUT2D eigenvalue weighted by molar-refractivity contribution is -0.132. The number of ketones is 1. The molecule has 1 unspecified atom stereocenters. The molecule has 1 aliphatic rings. The lowest BCUT2D eigenvalue weighted by Crippen LogP contribution is -2.29. The molecule has 1 heterocycles. The minimum atomic E-state index is -0.871. The van der Waals surface area contributed by atoms with Gasteiger partial charge < -0.3 is 15.2 Å². The third-order valence-corrected chi connectivity index (χ3v) is 6.35. The highest BCUT2D eigenvalue weighted by molar-refractivity contribution is 6.51. The summed E-state index contributed by atoms with van der Waals surface area (Å²) in [7, 11) is 1.45. The number of carbonyl (C=O) groups is 3. The van der Waals surface area contributed by atoms with E-state index in [0.29, 0.717) is 33.3 Å². The van der Waals surface area contributed by atoms with Crippen LogP contribution in [0, 0.1) is 0 Å².